The Morgan fingerprint density at radius 1 is 1.45 bits per heavy atom. The van der Waals surface area contributed by atoms with Crippen LogP contribution in [0.3, 0.4) is 0 Å². The van der Waals surface area contributed by atoms with E-state index in [1.165, 1.54) is 26.4 Å². The van der Waals surface area contributed by atoms with Crippen LogP contribution >= 0.6 is 0 Å². The number of carbonyl (C=O) groups excluding carboxylic acids is 1. The van der Waals surface area contributed by atoms with Gasteiger partial charge in [-0.15, -0.1) is 0 Å². The summed E-state index contributed by atoms with van der Waals surface area (Å²) in [5.74, 6) is 0.860. The number of methoxy groups -OCH3 is 1. The largest absolute Gasteiger partial charge is 0.465 e. The van der Waals surface area contributed by atoms with Crippen LogP contribution in [0, 0.1) is 5.92 Å². The predicted octanol–water partition coefficient (Wildman–Crippen LogP) is 2.47. The third-order valence-corrected chi connectivity index (χ3v) is 4.19. The number of rotatable bonds is 3. The Morgan fingerprint density at radius 3 is 2.80 bits per heavy atom. The Kier molecular flexibility index (Phi) is 4.47. The van der Waals surface area contributed by atoms with Crippen molar-refractivity contribution in [3.8, 4) is 0 Å². The number of pyridine rings is 1. The minimum absolute atomic E-state index is 0.393. The number of anilines is 2. The second kappa shape index (κ2) is 6.11. The molecule has 1 aliphatic rings. The summed E-state index contributed by atoms with van der Waals surface area (Å²) in [7, 11) is 3.37. The van der Waals surface area contributed by atoms with E-state index < -0.39 is 5.97 Å². The first-order chi connectivity index (χ1) is 9.54. The molecule has 0 spiro atoms. The molecular formula is C15H23N3O2. The van der Waals surface area contributed by atoms with Gasteiger partial charge in [0.1, 0.15) is 11.4 Å². The first kappa shape index (κ1) is 14.6. The maximum absolute atomic E-state index is 11.9. The van der Waals surface area contributed by atoms with Crippen LogP contribution < -0.4 is 10.6 Å². The minimum atomic E-state index is -0.393. The number of carbonyl (C=O) groups is 1. The van der Waals surface area contributed by atoms with E-state index in [1.807, 2.05) is 7.05 Å². The summed E-state index contributed by atoms with van der Waals surface area (Å²) in [4.78, 5) is 18.4. The smallest absolute Gasteiger partial charge is 0.341 e. The molecule has 20 heavy (non-hydrogen) atoms. The number of aromatic nitrogens is 1. The molecular weight excluding hydrogens is 254 g/mol. The summed E-state index contributed by atoms with van der Waals surface area (Å²) in [6.45, 7) is 2.26. The molecule has 2 atom stereocenters. The molecule has 1 aromatic heterocycles. The zero-order chi connectivity index (χ0) is 14.7. The minimum Gasteiger partial charge on any atom is -0.465 e. The molecule has 1 aliphatic carbocycles. The molecule has 5 heteroatoms. The van der Waals surface area contributed by atoms with Crippen molar-refractivity contribution in [1.82, 2.24) is 4.98 Å². The van der Waals surface area contributed by atoms with Crippen molar-refractivity contribution in [3.05, 3.63) is 17.8 Å². The SMILES string of the molecule is COC(=O)c1cc(N)cnc1N(C)C1CCCCC1C. The zero-order valence-corrected chi connectivity index (χ0v) is 12.4. The normalized spacial score (nSPS) is 22.4. The van der Waals surface area contributed by atoms with Crippen molar-refractivity contribution in [3.63, 3.8) is 0 Å². The molecule has 2 N–H and O–H groups in total. The molecule has 1 fully saturated rings. The molecule has 0 radical (unpaired) electrons. The molecule has 0 amide bonds. The quantitative estimate of drug-likeness (QED) is 0.860. The van der Waals surface area contributed by atoms with Gasteiger partial charge < -0.3 is 15.4 Å². The topological polar surface area (TPSA) is 68.5 Å². The highest BCUT2D eigenvalue weighted by Gasteiger charge is 2.28. The second-order valence-corrected chi connectivity index (χ2v) is 5.57. The van der Waals surface area contributed by atoms with Crippen LogP contribution in [0.4, 0.5) is 11.5 Å². The number of ether oxygens (including phenoxy) is 1. The summed E-state index contributed by atoms with van der Waals surface area (Å²) in [5.41, 5.74) is 6.65. The van der Waals surface area contributed by atoms with Gasteiger partial charge in [-0.3, -0.25) is 0 Å². The Hall–Kier alpha value is -1.78. The van der Waals surface area contributed by atoms with Crippen LogP contribution in [0.25, 0.3) is 0 Å². The van der Waals surface area contributed by atoms with E-state index in [-0.39, 0.29) is 0 Å². The standard InChI is InChI=1S/C15H23N3O2/c1-10-6-4-5-7-13(10)18(2)14-12(15(19)20-3)8-11(16)9-17-14/h8-10,13H,4-7,16H2,1-3H3. The van der Waals surface area contributed by atoms with Crippen molar-refractivity contribution >= 4 is 17.5 Å². The number of esters is 1. The fraction of sp³-hybridized carbons (Fsp3) is 0.600. The molecule has 1 saturated carbocycles. The van der Waals surface area contributed by atoms with Gasteiger partial charge in [-0.05, 0) is 24.8 Å². The van der Waals surface area contributed by atoms with Gasteiger partial charge >= 0.3 is 5.97 Å². The Labute approximate surface area is 120 Å². The average molecular weight is 277 g/mol. The van der Waals surface area contributed by atoms with Gasteiger partial charge in [-0.25, -0.2) is 9.78 Å². The van der Waals surface area contributed by atoms with Crippen LogP contribution in [0.1, 0.15) is 43.0 Å². The van der Waals surface area contributed by atoms with Crippen molar-refractivity contribution in [2.75, 3.05) is 24.8 Å². The van der Waals surface area contributed by atoms with Crippen molar-refractivity contribution < 1.29 is 9.53 Å². The predicted molar refractivity (Wildman–Crippen MR) is 79.8 cm³/mol. The Balaban J connectivity index is 2.33. The lowest BCUT2D eigenvalue weighted by atomic mass is 9.85. The molecule has 0 saturated heterocycles. The van der Waals surface area contributed by atoms with E-state index in [9.17, 15) is 4.79 Å². The fourth-order valence-corrected chi connectivity index (χ4v) is 3.04. The van der Waals surface area contributed by atoms with Crippen LogP contribution in [0.5, 0.6) is 0 Å². The van der Waals surface area contributed by atoms with Crippen LogP contribution in [0.15, 0.2) is 12.3 Å². The highest BCUT2D eigenvalue weighted by Crippen LogP contribution is 2.31. The Morgan fingerprint density at radius 2 is 2.15 bits per heavy atom. The third kappa shape index (κ3) is 2.86. The van der Waals surface area contributed by atoms with Gasteiger partial charge in [-0.1, -0.05) is 19.8 Å². The van der Waals surface area contributed by atoms with Gasteiger partial charge in [0.15, 0.2) is 0 Å². The average Bonchev–Trinajstić information content (AvgIpc) is 2.46. The zero-order valence-electron chi connectivity index (χ0n) is 12.4. The van der Waals surface area contributed by atoms with E-state index in [1.54, 1.807) is 12.3 Å². The maximum atomic E-state index is 11.9. The van der Waals surface area contributed by atoms with Gasteiger partial charge in [0, 0.05) is 13.1 Å². The monoisotopic (exact) mass is 277 g/mol. The lowest BCUT2D eigenvalue weighted by molar-refractivity contribution is 0.0601. The third-order valence-electron chi connectivity index (χ3n) is 4.19. The number of nitrogens with two attached hydrogens (primary N) is 1. The van der Waals surface area contributed by atoms with E-state index in [0.717, 1.165) is 6.42 Å². The summed E-state index contributed by atoms with van der Waals surface area (Å²) in [5, 5.41) is 0. The van der Waals surface area contributed by atoms with Crippen LogP contribution in [-0.2, 0) is 4.74 Å². The first-order valence-corrected chi connectivity index (χ1v) is 7.11. The number of nitrogens with zero attached hydrogens (tertiary/aromatic N) is 2. The molecule has 5 nitrogen and oxygen atoms in total. The van der Waals surface area contributed by atoms with Crippen LogP contribution in [0.2, 0.25) is 0 Å². The second-order valence-electron chi connectivity index (χ2n) is 5.57. The molecule has 0 aromatic carbocycles. The highest BCUT2D eigenvalue weighted by atomic mass is 16.5. The van der Waals surface area contributed by atoms with Gasteiger partial charge in [0.2, 0.25) is 0 Å². The molecule has 0 aliphatic heterocycles. The molecule has 2 unspecified atom stereocenters. The van der Waals surface area contributed by atoms with Crippen molar-refractivity contribution in [2.45, 2.75) is 38.6 Å². The van der Waals surface area contributed by atoms with E-state index in [0.29, 0.717) is 29.0 Å². The molecule has 2 rings (SSSR count). The van der Waals surface area contributed by atoms with Crippen molar-refractivity contribution in [2.24, 2.45) is 5.92 Å². The van der Waals surface area contributed by atoms with E-state index in [2.05, 4.69) is 16.8 Å². The maximum Gasteiger partial charge on any atom is 0.341 e. The lowest BCUT2D eigenvalue weighted by Gasteiger charge is -2.37. The van der Waals surface area contributed by atoms with Crippen molar-refractivity contribution in [1.29, 1.82) is 0 Å². The first-order valence-electron chi connectivity index (χ1n) is 7.11. The molecule has 1 heterocycles. The summed E-state index contributed by atoms with van der Waals surface area (Å²) >= 11 is 0. The lowest BCUT2D eigenvalue weighted by Crippen LogP contribution is -2.40. The molecule has 0 bridgehead atoms. The summed E-state index contributed by atoms with van der Waals surface area (Å²) in [6.07, 6.45) is 6.44. The number of hydrogen-bond acceptors (Lipinski definition) is 5. The van der Waals surface area contributed by atoms with E-state index >= 15 is 0 Å². The Bertz CT molecular complexity index is 490. The number of hydrogen-bond donors (Lipinski definition) is 1. The summed E-state index contributed by atoms with van der Waals surface area (Å²) in [6, 6.07) is 2.04. The van der Waals surface area contributed by atoms with Gasteiger partial charge in [0.05, 0.1) is 19.0 Å². The van der Waals surface area contributed by atoms with Crippen LogP contribution in [-0.4, -0.2) is 31.2 Å². The van der Waals surface area contributed by atoms with Gasteiger partial charge in [0.25, 0.3) is 0 Å². The molecule has 110 valence electrons. The fourth-order valence-electron chi connectivity index (χ4n) is 3.04. The molecule has 1 aromatic rings. The van der Waals surface area contributed by atoms with E-state index in [4.69, 9.17) is 10.5 Å². The summed E-state index contributed by atoms with van der Waals surface area (Å²) < 4.78 is 4.84. The highest BCUT2D eigenvalue weighted by molar-refractivity contribution is 5.95. The number of nitrogen functional groups attached to an aromatic ring is 1. The van der Waals surface area contributed by atoms with Gasteiger partial charge in [-0.2, -0.15) is 0 Å².